The van der Waals surface area contributed by atoms with E-state index in [-0.39, 0.29) is 11.3 Å². The van der Waals surface area contributed by atoms with E-state index in [1.54, 1.807) is 17.5 Å². The van der Waals surface area contributed by atoms with Gasteiger partial charge in [0.15, 0.2) is 0 Å². The minimum absolute atomic E-state index is 0.277. The van der Waals surface area contributed by atoms with Crippen LogP contribution in [0.25, 0.3) is 0 Å². The largest absolute Gasteiger partial charge is 0.362 e. The average molecular weight is 268 g/mol. The van der Waals surface area contributed by atoms with Crippen LogP contribution in [0.2, 0.25) is 5.28 Å². The Morgan fingerprint density at radius 3 is 3.00 bits per heavy atom. The zero-order valence-electron chi connectivity index (χ0n) is 9.77. The number of nitrogens with zero attached hydrogens (tertiary/aromatic N) is 2. The van der Waals surface area contributed by atoms with Crippen molar-refractivity contribution in [3.8, 4) is 0 Å². The van der Waals surface area contributed by atoms with Crippen molar-refractivity contribution in [1.82, 2.24) is 9.97 Å². The summed E-state index contributed by atoms with van der Waals surface area (Å²) >= 11 is 7.55. The van der Waals surface area contributed by atoms with Gasteiger partial charge in [-0.15, -0.1) is 11.3 Å². The van der Waals surface area contributed by atoms with E-state index >= 15 is 0 Å². The van der Waals surface area contributed by atoms with Crippen LogP contribution in [0.5, 0.6) is 0 Å². The van der Waals surface area contributed by atoms with E-state index in [4.69, 9.17) is 11.6 Å². The Morgan fingerprint density at radius 2 is 2.35 bits per heavy atom. The lowest BCUT2D eigenvalue weighted by Gasteiger charge is -2.17. The Kier molecular flexibility index (Phi) is 3.97. The molecule has 0 saturated heterocycles. The molecule has 1 N–H and O–H groups in total. The van der Waals surface area contributed by atoms with Gasteiger partial charge in [-0.2, -0.15) is 0 Å². The minimum Gasteiger partial charge on any atom is -0.362 e. The monoisotopic (exact) mass is 267 g/mol. The maximum atomic E-state index is 5.81. The molecule has 2 heterocycles. The van der Waals surface area contributed by atoms with Gasteiger partial charge in [-0.25, -0.2) is 9.97 Å². The first-order valence-electron chi connectivity index (χ1n) is 5.49. The minimum atomic E-state index is 0.277. The number of anilines is 1. The van der Waals surface area contributed by atoms with Gasteiger partial charge in [0.1, 0.15) is 5.82 Å². The van der Waals surface area contributed by atoms with E-state index in [0.717, 1.165) is 17.8 Å². The smallest absolute Gasteiger partial charge is 0.224 e. The standard InChI is InChI=1S/C12H14ClN3S/c1-3-9(10-5-4-6-17-10)15-11-8(2)7-14-12(13)16-11/h4-7,9H,3H2,1-2H3,(H,14,15,16). The van der Waals surface area contributed by atoms with Crippen molar-refractivity contribution in [3.63, 3.8) is 0 Å². The van der Waals surface area contributed by atoms with Crippen molar-refractivity contribution in [2.24, 2.45) is 0 Å². The zero-order valence-corrected chi connectivity index (χ0v) is 11.3. The molecule has 2 aromatic rings. The van der Waals surface area contributed by atoms with Crippen molar-refractivity contribution < 1.29 is 0 Å². The normalized spacial score (nSPS) is 12.4. The third kappa shape index (κ3) is 2.96. The highest BCUT2D eigenvalue weighted by atomic mass is 35.5. The molecule has 5 heteroatoms. The van der Waals surface area contributed by atoms with Gasteiger partial charge in [0.25, 0.3) is 0 Å². The maximum Gasteiger partial charge on any atom is 0.224 e. The van der Waals surface area contributed by atoms with Crippen LogP contribution in [0, 0.1) is 6.92 Å². The van der Waals surface area contributed by atoms with Gasteiger partial charge in [-0.05, 0) is 36.4 Å². The van der Waals surface area contributed by atoms with Gasteiger partial charge in [-0.3, -0.25) is 0 Å². The SMILES string of the molecule is CCC(Nc1nc(Cl)ncc1C)c1cccs1. The molecule has 0 aromatic carbocycles. The third-order valence-electron chi connectivity index (χ3n) is 2.55. The Hall–Kier alpha value is -1.13. The number of aryl methyl sites for hydroxylation is 1. The first-order valence-corrected chi connectivity index (χ1v) is 6.75. The first-order chi connectivity index (χ1) is 8.20. The third-order valence-corrected chi connectivity index (χ3v) is 3.72. The molecule has 3 nitrogen and oxygen atoms in total. The lowest BCUT2D eigenvalue weighted by molar-refractivity contribution is 0.756. The molecule has 0 saturated carbocycles. The summed E-state index contributed by atoms with van der Waals surface area (Å²) in [6.07, 6.45) is 2.74. The molecular weight excluding hydrogens is 254 g/mol. The number of aromatic nitrogens is 2. The van der Waals surface area contributed by atoms with Crippen molar-refractivity contribution in [2.45, 2.75) is 26.3 Å². The Morgan fingerprint density at radius 1 is 1.53 bits per heavy atom. The predicted octanol–water partition coefficient (Wildman–Crippen LogP) is 4.06. The second-order valence-electron chi connectivity index (χ2n) is 3.79. The predicted molar refractivity (Wildman–Crippen MR) is 72.8 cm³/mol. The quantitative estimate of drug-likeness (QED) is 0.849. The van der Waals surface area contributed by atoms with Gasteiger partial charge in [0.2, 0.25) is 5.28 Å². The molecule has 17 heavy (non-hydrogen) atoms. The lowest BCUT2D eigenvalue weighted by atomic mass is 10.2. The van der Waals surface area contributed by atoms with Crippen LogP contribution in [0.1, 0.15) is 29.8 Å². The van der Waals surface area contributed by atoms with E-state index in [9.17, 15) is 0 Å². The first kappa shape index (κ1) is 12.3. The van der Waals surface area contributed by atoms with Gasteiger partial charge >= 0.3 is 0 Å². The summed E-state index contributed by atoms with van der Waals surface area (Å²) in [4.78, 5) is 9.48. The van der Waals surface area contributed by atoms with E-state index in [0.29, 0.717) is 0 Å². The number of halogens is 1. The summed E-state index contributed by atoms with van der Waals surface area (Å²) in [5, 5.41) is 5.77. The second-order valence-corrected chi connectivity index (χ2v) is 5.11. The van der Waals surface area contributed by atoms with Gasteiger partial charge < -0.3 is 5.32 Å². The average Bonchev–Trinajstić information content (AvgIpc) is 2.84. The summed E-state index contributed by atoms with van der Waals surface area (Å²) in [5.41, 5.74) is 1.00. The molecule has 0 radical (unpaired) electrons. The molecule has 2 rings (SSSR count). The number of nitrogens with one attached hydrogen (secondary N) is 1. The molecule has 90 valence electrons. The number of thiophene rings is 1. The number of hydrogen-bond acceptors (Lipinski definition) is 4. The summed E-state index contributed by atoms with van der Waals surface area (Å²) < 4.78 is 0. The highest BCUT2D eigenvalue weighted by molar-refractivity contribution is 7.10. The fourth-order valence-corrected chi connectivity index (χ4v) is 2.59. The summed E-state index contributed by atoms with van der Waals surface area (Å²) in [6.45, 7) is 4.12. The van der Waals surface area contributed by atoms with Crippen molar-refractivity contribution in [3.05, 3.63) is 39.4 Å². The van der Waals surface area contributed by atoms with E-state index in [1.807, 2.05) is 6.92 Å². The summed E-state index contributed by atoms with van der Waals surface area (Å²) in [6, 6.07) is 4.47. The van der Waals surface area contributed by atoms with E-state index in [2.05, 4.69) is 39.7 Å². The summed E-state index contributed by atoms with van der Waals surface area (Å²) in [7, 11) is 0. The molecule has 1 atom stereocenters. The van der Waals surface area contributed by atoms with Crippen LogP contribution in [-0.4, -0.2) is 9.97 Å². The van der Waals surface area contributed by atoms with Crippen LogP contribution in [0.3, 0.4) is 0 Å². The fraction of sp³-hybridized carbons (Fsp3) is 0.333. The molecule has 0 aliphatic carbocycles. The summed E-state index contributed by atoms with van der Waals surface area (Å²) in [5.74, 6) is 0.810. The van der Waals surface area contributed by atoms with E-state index in [1.165, 1.54) is 4.88 Å². The lowest BCUT2D eigenvalue weighted by Crippen LogP contribution is -2.10. The number of hydrogen-bond donors (Lipinski definition) is 1. The molecule has 1 unspecified atom stereocenters. The Labute approximate surface area is 110 Å². The Balaban J connectivity index is 2.21. The van der Waals surface area contributed by atoms with Crippen LogP contribution in [0.4, 0.5) is 5.82 Å². The molecule has 0 aliphatic rings. The molecule has 0 spiro atoms. The molecular formula is C12H14ClN3S. The van der Waals surface area contributed by atoms with Gasteiger partial charge in [-0.1, -0.05) is 13.0 Å². The molecule has 0 bridgehead atoms. The van der Waals surface area contributed by atoms with Crippen molar-refractivity contribution in [2.75, 3.05) is 5.32 Å². The molecule has 0 aliphatic heterocycles. The van der Waals surface area contributed by atoms with Gasteiger partial charge in [0.05, 0.1) is 6.04 Å². The van der Waals surface area contributed by atoms with Gasteiger partial charge in [0, 0.05) is 16.6 Å². The highest BCUT2D eigenvalue weighted by Gasteiger charge is 2.12. The number of rotatable bonds is 4. The van der Waals surface area contributed by atoms with Crippen LogP contribution in [-0.2, 0) is 0 Å². The molecule has 0 fully saturated rings. The van der Waals surface area contributed by atoms with Crippen LogP contribution < -0.4 is 5.32 Å². The van der Waals surface area contributed by atoms with Crippen LogP contribution in [0.15, 0.2) is 23.7 Å². The fourth-order valence-electron chi connectivity index (χ4n) is 1.60. The van der Waals surface area contributed by atoms with E-state index < -0.39 is 0 Å². The Bertz CT molecular complexity index is 485. The highest BCUT2D eigenvalue weighted by Crippen LogP contribution is 2.26. The maximum absolute atomic E-state index is 5.81. The second kappa shape index (κ2) is 5.47. The van der Waals surface area contributed by atoms with Crippen molar-refractivity contribution >= 4 is 28.8 Å². The van der Waals surface area contributed by atoms with Crippen molar-refractivity contribution in [1.29, 1.82) is 0 Å². The molecule has 0 amide bonds. The zero-order chi connectivity index (χ0) is 12.3. The van der Waals surface area contributed by atoms with Crippen LogP contribution >= 0.6 is 22.9 Å². The molecule has 2 aromatic heterocycles. The topological polar surface area (TPSA) is 37.8 Å².